The first-order chi connectivity index (χ1) is 8.24. The van der Waals surface area contributed by atoms with Crippen molar-refractivity contribution in [2.45, 2.75) is 44.7 Å². The van der Waals surface area contributed by atoms with Crippen molar-refractivity contribution in [1.82, 2.24) is 20.4 Å². The number of nitrogens with zero attached hydrogens (tertiary/aromatic N) is 3. The Morgan fingerprint density at radius 3 is 3.00 bits per heavy atom. The SMILES string of the molecule is CN(C)Cc1noc(CCC2CCCCN2)n1. The smallest absolute Gasteiger partial charge is 0.226 e. The highest BCUT2D eigenvalue weighted by Crippen LogP contribution is 2.12. The minimum atomic E-state index is 0.632. The molecular weight excluding hydrogens is 216 g/mol. The average molecular weight is 238 g/mol. The first-order valence-electron chi connectivity index (χ1n) is 6.43. The lowest BCUT2D eigenvalue weighted by Gasteiger charge is -2.22. The van der Waals surface area contributed by atoms with Crippen molar-refractivity contribution in [3.63, 3.8) is 0 Å². The molecule has 1 aliphatic heterocycles. The standard InChI is InChI=1S/C12H22N4O/c1-16(2)9-11-14-12(17-15-11)7-6-10-5-3-4-8-13-10/h10,13H,3-9H2,1-2H3. The third-order valence-corrected chi connectivity index (χ3v) is 3.09. The summed E-state index contributed by atoms with van der Waals surface area (Å²) in [6.45, 7) is 1.89. The van der Waals surface area contributed by atoms with Crippen LogP contribution in [0.1, 0.15) is 37.4 Å². The molecule has 1 aromatic heterocycles. The van der Waals surface area contributed by atoms with Gasteiger partial charge in [-0.1, -0.05) is 11.6 Å². The third kappa shape index (κ3) is 4.09. The molecule has 0 bridgehead atoms. The lowest BCUT2D eigenvalue weighted by molar-refractivity contribution is 0.332. The molecule has 5 heteroatoms. The molecule has 2 heterocycles. The van der Waals surface area contributed by atoms with Gasteiger partial charge in [-0.15, -0.1) is 0 Å². The van der Waals surface area contributed by atoms with Crippen molar-refractivity contribution in [2.75, 3.05) is 20.6 Å². The van der Waals surface area contributed by atoms with Gasteiger partial charge in [0.25, 0.3) is 0 Å². The molecule has 1 fully saturated rings. The Morgan fingerprint density at radius 1 is 1.41 bits per heavy atom. The van der Waals surface area contributed by atoms with Gasteiger partial charge in [0.1, 0.15) is 0 Å². The van der Waals surface area contributed by atoms with Crippen LogP contribution in [0.2, 0.25) is 0 Å². The quantitative estimate of drug-likeness (QED) is 0.835. The van der Waals surface area contributed by atoms with Crippen LogP contribution in [0.15, 0.2) is 4.52 Å². The molecule has 17 heavy (non-hydrogen) atoms. The van der Waals surface area contributed by atoms with Gasteiger partial charge < -0.3 is 14.7 Å². The second-order valence-electron chi connectivity index (χ2n) is 5.03. The molecule has 1 aromatic rings. The maximum atomic E-state index is 5.24. The minimum absolute atomic E-state index is 0.632. The predicted molar refractivity (Wildman–Crippen MR) is 65.7 cm³/mol. The van der Waals surface area contributed by atoms with Crippen LogP contribution in [0.4, 0.5) is 0 Å². The second-order valence-corrected chi connectivity index (χ2v) is 5.03. The second kappa shape index (κ2) is 6.12. The van der Waals surface area contributed by atoms with E-state index in [1.807, 2.05) is 19.0 Å². The molecule has 0 spiro atoms. The van der Waals surface area contributed by atoms with Crippen molar-refractivity contribution >= 4 is 0 Å². The zero-order valence-electron chi connectivity index (χ0n) is 10.8. The number of nitrogens with one attached hydrogen (secondary N) is 1. The van der Waals surface area contributed by atoms with Crippen LogP contribution in [-0.4, -0.2) is 41.7 Å². The molecule has 1 atom stereocenters. The van der Waals surface area contributed by atoms with Crippen LogP contribution in [0.3, 0.4) is 0 Å². The summed E-state index contributed by atoms with van der Waals surface area (Å²) in [5.41, 5.74) is 0. The van der Waals surface area contributed by atoms with Gasteiger partial charge in [-0.25, -0.2) is 0 Å². The molecule has 96 valence electrons. The number of aryl methyl sites for hydroxylation is 1. The number of rotatable bonds is 5. The summed E-state index contributed by atoms with van der Waals surface area (Å²) in [7, 11) is 4.00. The Balaban J connectivity index is 1.76. The zero-order chi connectivity index (χ0) is 12.1. The van der Waals surface area contributed by atoms with E-state index in [0.29, 0.717) is 6.04 Å². The van der Waals surface area contributed by atoms with Crippen molar-refractivity contribution in [3.05, 3.63) is 11.7 Å². The van der Waals surface area contributed by atoms with E-state index in [0.717, 1.165) is 37.6 Å². The normalized spacial score (nSPS) is 21.0. The largest absolute Gasteiger partial charge is 0.339 e. The molecule has 0 aromatic carbocycles. The Bertz CT molecular complexity index is 331. The summed E-state index contributed by atoms with van der Waals surface area (Å²) in [5.74, 6) is 1.55. The van der Waals surface area contributed by atoms with Crippen molar-refractivity contribution in [3.8, 4) is 0 Å². The monoisotopic (exact) mass is 238 g/mol. The fraction of sp³-hybridized carbons (Fsp3) is 0.833. The maximum Gasteiger partial charge on any atom is 0.226 e. The fourth-order valence-electron chi connectivity index (χ4n) is 2.21. The summed E-state index contributed by atoms with van der Waals surface area (Å²) >= 11 is 0. The van der Waals surface area contributed by atoms with Crippen LogP contribution in [0, 0.1) is 0 Å². The summed E-state index contributed by atoms with van der Waals surface area (Å²) in [5, 5.41) is 7.50. The van der Waals surface area contributed by atoms with E-state index in [9.17, 15) is 0 Å². The molecule has 0 saturated carbocycles. The fourth-order valence-corrected chi connectivity index (χ4v) is 2.21. The summed E-state index contributed by atoms with van der Waals surface area (Å²) < 4.78 is 5.24. The summed E-state index contributed by atoms with van der Waals surface area (Å²) in [6.07, 6.45) is 5.91. The van der Waals surface area contributed by atoms with E-state index in [-0.39, 0.29) is 0 Å². The molecular formula is C12H22N4O. The lowest BCUT2D eigenvalue weighted by Crippen LogP contribution is -2.34. The number of piperidine rings is 1. The van der Waals surface area contributed by atoms with Crippen LogP contribution in [-0.2, 0) is 13.0 Å². The van der Waals surface area contributed by atoms with Crippen LogP contribution in [0.25, 0.3) is 0 Å². The van der Waals surface area contributed by atoms with E-state index in [4.69, 9.17) is 4.52 Å². The molecule has 1 N–H and O–H groups in total. The summed E-state index contributed by atoms with van der Waals surface area (Å²) in [6, 6.07) is 0.632. The van der Waals surface area contributed by atoms with E-state index in [1.54, 1.807) is 0 Å². The number of aromatic nitrogens is 2. The van der Waals surface area contributed by atoms with Crippen molar-refractivity contribution in [2.24, 2.45) is 0 Å². The van der Waals surface area contributed by atoms with Gasteiger partial charge in [0.2, 0.25) is 5.89 Å². The Hall–Kier alpha value is -0.940. The van der Waals surface area contributed by atoms with Crippen LogP contribution < -0.4 is 5.32 Å². The van der Waals surface area contributed by atoms with Gasteiger partial charge >= 0.3 is 0 Å². The summed E-state index contributed by atoms with van der Waals surface area (Å²) in [4.78, 5) is 6.43. The molecule has 0 aliphatic carbocycles. The van der Waals surface area contributed by atoms with Gasteiger partial charge in [0.05, 0.1) is 6.54 Å². The predicted octanol–water partition coefficient (Wildman–Crippen LogP) is 1.21. The van der Waals surface area contributed by atoms with Gasteiger partial charge in [-0.05, 0) is 39.9 Å². The Kier molecular flexibility index (Phi) is 4.50. The highest BCUT2D eigenvalue weighted by Gasteiger charge is 2.14. The van der Waals surface area contributed by atoms with Crippen LogP contribution >= 0.6 is 0 Å². The molecule has 5 nitrogen and oxygen atoms in total. The Labute approximate surface area is 103 Å². The molecule has 0 radical (unpaired) electrons. The van der Waals surface area contributed by atoms with E-state index in [2.05, 4.69) is 15.5 Å². The number of hydrogen-bond donors (Lipinski definition) is 1. The minimum Gasteiger partial charge on any atom is -0.339 e. The van der Waals surface area contributed by atoms with Crippen molar-refractivity contribution < 1.29 is 4.52 Å². The van der Waals surface area contributed by atoms with Gasteiger partial charge in [-0.3, -0.25) is 0 Å². The average Bonchev–Trinajstić information content (AvgIpc) is 2.75. The van der Waals surface area contributed by atoms with Crippen molar-refractivity contribution in [1.29, 1.82) is 0 Å². The third-order valence-electron chi connectivity index (χ3n) is 3.09. The van der Waals surface area contributed by atoms with E-state index < -0.39 is 0 Å². The maximum absolute atomic E-state index is 5.24. The van der Waals surface area contributed by atoms with Gasteiger partial charge in [0, 0.05) is 12.5 Å². The lowest BCUT2D eigenvalue weighted by atomic mass is 10.0. The first-order valence-corrected chi connectivity index (χ1v) is 6.43. The molecule has 1 unspecified atom stereocenters. The van der Waals surface area contributed by atoms with E-state index in [1.165, 1.54) is 19.3 Å². The van der Waals surface area contributed by atoms with Gasteiger partial charge in [-0.2, -0.15) is 4.98 Å². The zero-order valence-corrected chi connectivity index (χ0v) is 10.8. The molecule has 1 saturated heterocycles. The highest BCUT2D eigenvalue weighted by molar-refractivity contribution is 4.87. The topological polar surface area (TPSA) is 54.2 Å². The highest BCUT2D eigenvalue weighted by atomic mass is 16.5. The Morgan fingerprint density at radius 2 is 2.29 bits per heavy atom. The number of hydrogen-bond acceptors (Lipinski definition) is 5. The van der Waals surface area contributed by atoms with Crippen LogP contribution in [0.5, 0.6) is 0 Å². The molecule has 1 aliphatic rings. The van der Waals surface area contributed by atoms with E-state index >= 15 is 0 Å². The molecule has 0 amide bonds. The molecule has 2 rings (SSSR count). The first kappa shape index (κ1) is 12.5. The van der Waals surface area contributed by atoms with Gasteiger partial charge in [0.15, 0.2) is 5.82 Å².